The molecule has 0 aliphatic heterocycles. The van der Waals surface area contributed by atoms with Gasteiger partial charge in [-0.15, -0.1) is 10.2 Å². The summed E-state index contributed by atoms with van der Waals surface area (Å²) in [4.78, 5) is 24.1. The molecule has 3 aromatic rings. The number of halogens is 2. The van der Waals surface area contributed by atoms with Crippen molar-refractivity contribution in [3.63, 3.8) is 0 Å². The van der Waals surface area contributed by atoms with Gasteiger partial charge in [-0.2, -0.15) is 5.10 Å². The summed E-state index contributed by atoms with van der Waals surface area (Å²) in [5, 5.41) is 16.2. The molecule has 1 aromatic heterocycles. The molecule has 0 spiro atoms. The Morgan fingerprint density at radius 2 is 1.64 bits per heavy atom. The lowest BCUT2D eigenvalue weighted by Crippen LogP contribution is -2.19. The number of hydrazone groups is 1. The molecular formula is C18H13Cl2N5O2S. The Labute approximate surface area is 174 Å². The Hall–Kier alpha value is -2.81. The fourth-order valence-electron chi connectivity index (χ4n) is 2.05. The number of nitrogens with one attached hydrogen (secondary N) is 2. The molecule has 0 saturated carbocycles. The van der Waals surface area contributed by atoms with E-state index in [4.69, 9.17) is 23.2 Å². The largest absolute Gasteiger partial charge is 0.296 e. The molecule has 0 atom stereocenters. The Kier molecular flexibility index (Phi) is 6.70. The molecule has 2 amide bonds. The average molecular weight is 434 g/mol. The number of anilines is 1. The minimum Gasteiger partial charge on any atom is -0.296 e. The zero-order chi connectivity index (χ0) is 19.9. The summed E-state index contributed by atoms with van der Waals surface area (Å²) in [7, 11) is 0. The second-order valence-electron chi connectivity index (χ2n) is 5.48. The lowest BCUT2D eigenvalue weighted by molar-refractivity contribution is -0.120. The van der Waals surface area contributed by atoms with Gasteiger partial charge in [-0.3, -0.25) is 14.9 Å². The maximum absolute atomic E-state index is 12.1. The van der Waals surface area contributed by atoms with Crippen molar-refractivity contribution in [2.24, 2.45) is 5.10 Å². The lowest BCUT2D eigenvalue weighted by Gasteiger charge is -2.00. The molecule has 28 heavy (non-hydrogen) atoms. The third-order valence-corrected chi connectivity index (χ3v) is 4.72. The summed E-state index contributed by atoms with van der Waals surface area (Å²) in [6.07, 6.45) is 1.50. The molecular weight excluding hydrogens is 421 g/mol. The first-order valence-corrected chi connectivity index (χ1v) is 9.53. The Bertz CT molecular complexity index is 1000. The van der Waals surface area contributed by atoms with Gasteiger partial charge in [0.05, 0.1) is 12.6 Å². The van der Waals surface area contributed by atoms with E-state index in [1.165, 1.54) is 6.21 Å². The number of nitrogens with zero attached hydrogens (tertiary/aromatic N) is 3. The van der Waals surface area contributed by atoms with Crippen LogP contribution >= 0.6 is 34.5 Å². The van der Waals surface area contributed by atoms with Crippen LogP contribution in [-0.2, 0) is 11.2 Å². The standard InChI is InChI=1S/C18H13Cl2N5O2S/c19-13-5-1-11(2-6-13)10-21-23-15(26)9-16-24-25-18(28-16)22-17(27)12-3-7-14(20)8-4-12/h1-8,10H,9H2,(H,23,26)(H,22,25,27)/b21-10-. The van der Waals surface area contributed by atoms with Crippen molar-refractivity contribution in [1.82, 2.24) is 15.6 Å². The molecule has 0 radical (unpaired) electrons. The van der Waals surface area contributed by atoms with E-state index in [0.717, 1.165) is 16.9 Å². The highest BCUT2D eigenvalue weighted by Crippen LogP contribution is 2.17. The van der Waals surface area contributed by atoms with Crippen LogP contribution in [0.25, 0.3) is 0 Å². The van der Waals surface area contributed by atoms with E-state index in [0.29, 0.717) is 25.7 Å². The fraction of sp³-hybridized carbons (Fsp3) is 0.0556. The molecule has 0 bridgehead atoms. The van der Waals surface area contributed by atoms with E-state index in [9.17, 15) is 9.59 Å². The van der Waals surface area contributed by atoms with Crippen LogP contribution in [0.5, 0.6) is 0 Å². The number of rotatable bonds is 6. The third-order valence-electron chi connectivity index (χ3n) is 3.38. The lowest BCUT2D eigenvalue weighted by atomic mass is 10.2. The van der Waals surface area contributed by atoms with E-state index >= 15 is 0 Å². The first-order valence-electron chi connectivity index (χ1n) is 7.96. The molecule has 7 nitrogen and oxygen atoms in total. The molecule has 2 N–H and O–H groups in total. The van der Waals surface area contributed by atoms with E-state index in [2.05, 4.69) is 26.0 Å². The normalized spacial score (nSPS) is 10.8. The second-order valence-corrected chi connectivity index (χ2v) is 7.42. The van der Waals surface area contributed by atoms with Crippen molar-refractivity contribution in [3.8, 4) is 0 Å². The molecule has 0 fully saturated rings. The van der Waals surface area contributed by atoms with E-state index in [1.54, 1.807) is 48.5 Å². The zero-order valence-corrected chi connectivity index (χ0v) is 16.6. The number of carbonyl (C=O) groups is 2. The highest BCUT2D eigenvalue weighted by molar-refractivity contribution is 7.15. The number of hydrogen-bond donors (Lipinski definition) is 2. The van der Waals surface area contributed by atoms with Gasteiger partial charge in [-0.1, -0.05) is 46.7 Å². The predicted molar refractivity (Wildman–Crippen MR) is 110 cm³/mol. The van der Waals surface area contributed by atoms with Crippen molar-refractivity contribution in [1.29, 1.82) is 0 Å². The van der Waals surface area contributed by atoms with Crippen LogP contribution in [0, 0.1) is 0 Å². The van der Waals surface area contributed by atoms with Gasteiger partial charge in [-0.25, -0.2) is 5.43 Å². The molecule has 10 heteroatoms. The monoisotopic (exact) mass is 433 g/mol. The first-order chi connectivity index (χ1) is 13.5. The van der Waals surface area contributed by atoms with Gasteiger partial charge in [0.1, 0.15) is 5.01 Å². The summed E-state index contributed by atoms with van der Waals surface area (Å²) in [6, 6.07) is 13.5. The van der Waals surface area contributed by atoms with Crippen LogP contribution in [0.1, 0.15) is 20.9 Å². The van der Waals surface area contributed by atoms with Crippen LogP contribution in [0.2, 0.25) is 10.0 Å². The van der Waals surface area contributed by atoms with Crippen LogP contribution < -0.4 is 10.7 Å². The molecule has 1 heterocycles. The van der Waals surface area contributed by atoms with Crippen LogP contribution in [0.3, 0.4) is 0 Å². The van der Waals surface area contributed by atoms with Gasteiger partial charge in [0.25, 0.3) is 5.91 Å². The van der Waals surface area contributed by atoms with Crippen molar-refractivity contribution < 1.29 is 9.59 Å². The maximum atomic E-state index is 12.1. The van der Waals surface area contributed by atoms with Crippen molar-refractivity contribution in [2.75, 3.05) is 5.32 Å². The smallest absolute Gasteiger partial charge is 0.257 e. The SMILES string of the molecule is O=C(Cc1nnc(NC(=O)c2ccc(Cl)cc2)s1)N/N=C\c1ccc(Cl)cc1. The summed E-state index contributed by atoms with van der Waals surface area (Å²) >= 11 is 12.7. The molecule has 0 saturated heterocycles. The van der Waals surface area contributed by atoms with Gasteiger partial charge in [0.15, 0.2) is 0 Å². The summed E-state index contributed by atoms with van der Waals surface area (Å²) in [5.41, 5.74) is 3.65. The predicted octanol–water partition coefficient (Wildman–Crippen LogP) is 3.79. The third kappa shape index (κ3) is 5.85. The molecule has 0 aliphatic carbocycles. The summed E-state index contributed by atoms with van der Waals surface area (Å²) < 4.78 is 0. The fourth-order valence-corrected chi connectivity index (χ4v) is 3.04. The van der Waals surface area contributed by atoms with Gasteiger partial charge in [0, 0.05) is 15.6 Å². The Morgan fingerprint density at radius 3 is 2.32 bits per heavy atom. The summed E-state index contributed by atoms with van der Waals surface area (Å²) in [5.74, 6) is -0.687. The van der Waals surface area contributed by atoms with Crippen LogP contribution in [0.15, 0.2) is 53.6 Å². The number of amides is 2. The quantitative estimate of drug-likeness (QED) is 0.456. The molecule has 2 aromatic carbocycles. The van der Waals surface area contributed by atoms with E-state index in [1.807, 2.05) is 0 Å². The topological polar surface area (TPSA) is 96.3 Å². The van der Waals surface area contributed by atoms with E-state index < -0.39 is 0 Å². The minimum absolute atomic E-state index is 0.00750. The Morgan fingerprint density at radius 1 is 1.00 bits per heavy atom. The number of aromatic nitrogens is 2. The summed E-state index contributed by atoms with van der Waals surface area (Å²) in [6.45, 7) is 0. The molecule has 0 unspecified atom stereocenters. The van der Waals surface area contributed by atoms with Crippen molar-refractivity contribution in [2.45, 2.75) is 6.42 Å². The molecule has 142 valence electrons. The van der Waals surface area contributed by atoms with Gasteiger partial charge >= 0.3 is 0 Å². The van der Waals surface area contributed by atoms with E-state index in [-0.39, 0.29) is 18.2 Å². The van der Waals surface area contributed by atoms with Crippen LogP contribution in [-0.4, -0.2) is 28.2 Å². The van der Waals surface area contributed by atoms with Crippen molar-refractivity contribution in [3.05, 3.63) is 74.7 Å². The highest BCUT2D eigenvalue weighted by atomic mass is 35.5. The molecule has 0 aliphatic rings. The minimum atomic E-state index is -0.350. The second kappa shape index (κ2) is 9.41. The first kappa shape index (κ1) is 19.9. The van der Waals surface area contributed by atoms with Crippen molar-refractivity contribution >= 4 is 57.7 Å². The average Bonchev–Trinajstić information content (AvgIpc) is 3.10. The number of hydrogen-bond acceptors (Lipinski definition) is 6. The molecule has 3 rings (SSSR count). The number of benzene rings is 2. The zero-order valence-electron chi connectivity index (χ0n) is 14.2. The van der Waals surface area contributed by atoms with Crippen LogP contribution in [0.4, 0.5) is 5.13 Å². The highest BCUT2D eigenvalue weighted by Gasteiger charge is 2.12. The van der Waals surface area contributed by atoms with Gasteiger partial charge < -0.3 is 0 Å². The number of carbonyl (C=O) groups excluding carboxylic acids is 2. The van der Waals surface area contributed by atoms with Gasteiger partial charge in [0.2, 0.25) is 11.0 Å². The maximum Gasteiger partial charge on any atom is 0.257 e. The Balaban J connectivity index is 1.50. The van der Waals surface area contributed by atoms with Gasteiger partial charge in [-0.05, 0) is 42.0 Å².